The predicted octanol–water partition coefficient (Wildman–Crippen LogP) is 0.983. The summed E-state index contributed by atoms with van der Waals surface area (Å²) in [5.41, 5.74) is 1.18. The van der Waals surface area contributed by atoms with Crippen LogP contribution in [0.15, 0.2) is 61.4 Å². The molecular weight excluding hydrogens is 350 g/mol. The lowest BCUT2D eigenvalue weighted by Gasteiger charge is -2.18. The molecule has 3 rings (SSSR count). The minimum atomic E-state index is -1.25. The van der Waals surface area contributed by atoms with Crippen molar-refractivity contribution in [1.29, 1.82) is 0 Å². The molecular formula is C18H19N5O4. The van der Waals surface area contributed by atoms with Gasteiger partial charge in [-0.05, 0) is 5.56 Å². The van der Waals surface area contributed by atoms with Crippen molar-refractivity contribution in [3.05, 3.63) is 72.6 Å². The lowest BCUT2D eigenvalue weighted by molar-refractivity contribution is 0.0180. The van der Waals surface area contributed by atoms with Gasteiger partial charge in [0.1, 0.15) is 25.1 Å². The summed E-state index contributed by atoms with van der Waals surface area (Å²) < 4.78 is 6.65. The van der Waals surface area contributed by atoms with Gasteiger partial charge < -0.3 is 20.3 Å². The fraction of sp³-hybridized carbons (Fsp3) is 0.222. The first-order valence-electron chi connectivity index (χ1n) is 8.24. The standard InChI is InChI=1S/C18H19N5O4/c24-15(10-22-18(26)27-11-13-4-2-1-3-5-13)16(25)14-8-20-17(21-9-14)23-7-6-19-12-23/h1-9,12,15-16,24-25H,10-11H2,(H,22,26). The van der Waals surface area contributed by atoms with E-state index in [0.717, 1.165) is 5.56 Å². The van der Waals surface area contributed by atoms with E-state index >= 15 is 0 Å². The summed E-state index contributed by atoms with van der Waals surface area (Å²) >= 11 is 0. The molecule has 2 atom stereocenters. The van der Waals surface area contributed by atoms with Gasteiger partial charge in [0.2, 0.25) is 5.95 Å². The monoisotopic (exact) mass is 369 g/mol. The van der Waals surface area contributed by atoms with Gasteiger partial charge >= 0.3 is 6.09 Å². The minimum Gasteiger partial charge on any atom is -0.445 e. The highest BCUT2D eigenvalue weighted by atomic mass is 16.5. The quantitative estimate of drug-likeness (QED) is 0.567. The Morgan fingerprint density at radius 3 is 2.59 bits per heavy atom. The third-order valence-electron chi connectivity index (χ3n) is 3.77. The third-order valence-corrected chi connectivity index (χ3v) is 3.77. The van der Waals surface area contributed by atoms with E-state index in [9.17, 15) is 15.0 Å². The Kier molecular flexibility index (Phi) is 6.08. The second kappa shape index (κ2) is 8.88. The number of ether oxygens (including phenoxy) is 1. The molecule has 0 saturated carbocycles. The minimum absolute atomic E-state index is 0.120. The van der Waals surface area contributed by atoms with Crippen molar-refractivity contribution in [1.82, 2.24) is 24.8 Å². The van der Waals surface area contributed by atoms with Crippen molar-refractivity contribution in [2.75, 3.05) is 6.54 Å². The number of hydrogen-bond acceptors (Lipinski definition) is 7. The summed E-state index contributed by atoms with van der Waals surface area (Å²) in [6.45, 7) is -0.0626. The van der Waals surface area contributed by atoms with Gasteiger partial charge in [-0.25, -0.2) is 19.7 Å². The van der Waals surface area contributed by atoms with E-state index in [2.05, 4.69) is 20.3 Å². The third kappa shape index (κ3) is 5.09. The van der Waals surface area contributed by atoms with Crippen LogP contribution in [-0.4, -0.2) is 48.5 Å². The van der Waals surface area contributed by atoms with Gasteiger partial charge in [0.15, 0.2) is 0 Å². The van der Waals surface area contributed by atoms with Gasteiger partial charge in [-0.2, -0.15) is 0 Å². The van der Waals surface area contributed by atoms with E-state index < -0.39 is 18.3 Å². The average molecular weight is 369 g/mol. The molecule has 9 heteroatoms. The topological polar surface area (TPSA) is 122 Å². The second-order valence-corrected chi connectivity index (χ2v) is 5.74. The molecule has 3 N–H and O–H groups in total. The van der Waals surface area contributed by atoms with Gasteiger partial charge in [0, 0.05) is 36.9 Å². The molecule has 0 aliphatic carbocycles. The van der Waals surface area contributed by atoms with Crippen LogP contribution in [-0.2, 0) is 11.3 Å². The number of imidazole rings is 1. The van der Waals surface area contributed by atoms with E-state index in [1.165, 1.54) is 12.4 Å². The molecule has 9 nitrogen and oxygen atoms in total. The van der Waals surface area contributed by atoms with E-state index in [-0.39, 0.29) is 13.2 Å². The highest BCUT2D eigenvalue weighted by Gasteiger charge is 2.20. The lowest BCUT2D eigenvalue weighted by Crippen LogP contribution is -2.35. The van der Waals surface area contributed by atoms with Crippen LogP contribution in [0.2, 0.25) is 0 Å². The average Bonchev–Trinajstić information content (AvgIpc) is 3.25. The maximum atomic E-state index is 11.7. The Hall–Kier alpha value is -3.30. The number of alkyl carbamates (subject to hydrolysis) is 1. The molecule has 3 aromatic rings. The maximum Gasteiger partial charge on any atom is 0.407 e. The molecule has 0 spiro atoms. The Morgan fingerprint density at radius 1 is 1.19 bits per heavy atom. The van der Waals surface area contributed by atoms with Crippen molar-refractivity contribution in [3.8, 4) is 5.95 Å². The summed E-state index contributed by atoms with van der Waals surface area (Å²) in [4.78, 5) is 23.8. The van der Waals surface area contributed by atoms with Crippen LogP contribution in [0.25, 0.3) is 5.95 Å². The molecule has 1 aromatic carbocycles. The molecule has 0 radical (unpaired) electrons. The van der Waals surface area contributed by atoms with Crippen molar-refractivity contribution in [2.24, 2.45) is 0 Å². The number of rotatable bonds is 7. The van der Waals surface area contributed by atoms with E-state index in [1.807, 2.05) is 30.3 Å². The molecule has 2 aromatic heterocycles. The first kappa shape index (κ1) is 18.5. The fourth-order valence-electron chi connectivity index (χ4n) is 2.29. The number of nitrogens with one attached hydrogen (secondary N) is 1. The summed E-state index contributed by atoms with van der Waals surface area (Å²) in [7, 11) is 0. The van der Waals surface area contributed by atoms with Crippen LogP contribution in [0.3, 0.4) is 0 Å². The molecule has 0 fully saturated rings. The van der Waals surface area contributed by atoms with Crippen LogP contribution in [0, 0.1) is 0 Å². The van der Waals surface area contributed by atoms with Gasteiger partial charge in [0.05, 0.1) is 0 Å². The number of aliphatic hydroxyl groups is 2. The van der Waals surface area contributed by atoms with Gasteiger partial charge in [-0.15, -0.1) is 0 Å². The van der Waals surface area contributed by atoms with Crippen molar-refractivity contribution in [3.63, 3.8) is 0 Å². The normalized spacial score (nSPS) is 13.0. The Labute approximate surface area is 155 Å². The Morgan fingerprint density at radius 2 is 1.93 bits per heavy atom. The number of carbonyl (C=O) groups is 1. The van der Waals surface area contributed by atoms with Crippen LogP contribution < -0.4 is 5.32 Å². The first-order valence-corrected chi connectivity index (χ1v) is 8.24. The van der Waals surface area contributed by atoms with Gasteiger partial charge in [-0.1, -0.05) is 30.3 Å². The number of benzene rings is 1. The number of hydrogen-bond donors (Lipinski definition) is 3. The lowest BCUT2D eigenvalue weighted by atomic mass is 10.1. The zero-order valence-electron chi connectivity index (χ0n) is 14.3. The highest BCUT2D eigenvalue weighted by molar-refractivity contribution is 5.67. The maximum absolute atomic E-state index is 11.7. The van der Waals surface area contributed by atoms with Crippen molar-refractivity contribution >= 4 is 6.09 Å². The summed E-state index contributed by atoms with van der Waals surface area (Å²) in [6, 6.07) is 9.22. The Bertz CT molecular complexity index is 840. The number of amides is 1. The first-order chi connectivity index (χ1) is 13.1. The zero-order valence-corrected chi connectivity index (χ0v) is 14.3. The van der Waals surface area contributed by atoms with Gasteiger partial charge in [-0.3, -0.25) is 4.57 Å². The molecule has 0 aliphatic heterocycles. The molecule has 140 valence electrons. The van der Waals surface area contributed by atoms with Gasteiger partial charge in [0.25, 0.3) is 0 Å². The zero-order chi connectivity index (χ0) is 19.1. The number of nitrogens with zero attached hydrogens (tertiary/aromatic N) is 4. The summed E-state index contributed by atoms with van der Waals surface area (Å²) in [6.07, 6.45) is 4.47. The van der Waals surface area contributed by atoms with E-state index in [0.29, 0.717) is 11.5 Å². The fourth-order valence-corrected chi connectivity index (χ4v) is 2.29. The highest BCUT2D eigenvalue weighted by Crippen LogP contribution is 2.15. The molecule has 1 amide bonds. The Balaban J connectivity index is 1.47. The largest absolute Gasteiger partial charge is 0.445 e. The van der Waals surface area contributed by atoms with Crippen LogP contribution in [0.1, 0.15) is 17.2 Å². The van der Waals surface area contributed by atoms with Crippen molar-refractivity contribution in [2.45, 2.75) is 18.8 Å². The number of aliphatic hydroxyl groups excluding tert-OH is 2. The van der Waals surface area contributed by atoms with E-state index in [4.69, 9.17) is 4.74 Å². The summed E-state index contributed by atoms with van der Waals surface area (Å²) in [5.74, 6) is 0.389. The van der Waals surface area contributed by atoms with Crippen LogP contribution in [0.4, 0.5) is 4.79 Å². The predicted molar refractivity (Wildman–Crippen MR) is 94.8 cm³/mol. The van der Waals surface area contributed by atoms with Crippen LogP contribution in [0.5, 0.6) is 0 Å². The van der Waals surface area contributed by atoms with Crippen LogP contribution >= 0.6 is 0 Å². The van der Waals surface area contributed by atoms with Crippen molar-refractivity contribution < 1.29 is 19.7 Å². The van der Waals surface area contributed by atoms with E-state index in [1.54, 1.807) is 23.3 Å². The molecule has 0 bridgehead atoms. The molecule has 0 saturated heterocycles. The smallest absolute Gasteiger partial charge is 0.407 e. The number of aromatic nitrogens is 4. The summed E-state index contributed by atoms with van der Waals surface area (Å²) in [5, 5.41) is 22.7. The molecule has 27 heavy (non-hydrogen) atoms. The second-order valence-electron chi connectivity index (χ2n) is 5.74. The molecule has 0 aliphatic rings. The SMILES string of the molecule is O=C(NCC(O)C(O)c1cnc(-n2ccnc2)nc1)OCc1ccccc1. The molecule has 2 unspecified atom stereocenters. The number of carbonyl (C=O) groups excluding carboxylic acids is 1. The molecule has 2 heterocycles.